The minimum absolute atomic E-state index is 0.00792. The molecule has 0 radical (unpaired) electrons. The summed E-state index contributed by atoms with van der Waals surface area (Å²) >= 11 is 0. The number of hydrogen-bond acceptors (Lipinski definition) is 3. The molecule has 3 heteroatoms. The summed E-state index contributed by atoms with van der Waals surface area (Å²) in [6.45, 7) is 11.7. The van der Waals surface area contributed by atoms with Crippen LogP contribution >= 0.6 is 0 Å². The van der Waals surface area contributed by atoms with E-state index in [1.165, 1.54) is 0 Å². The highest BCUT2D eigenvalue weighted by Gasteiger charge is 2.28. The summed E-state index contributed by atoms with van der Waals surface area (Å²) in [5.41, 5.74) is 0.311. The third-order valence-electron chi connectivity index (χ3n) is 2.52. The van der Waals surface area contributed by atoms with Crippen molar-refractivity contribution in [3.05, 3.63) is 0 Å². The molecule has 3 nitrogen and oxygen atoms in total. The third-order valence-corrected chi connectivity index (χ3v) is 2.52. The average Bonchev–Trinajstić information content (AvgIpc) is 2.06. The molecule has 1 aliphatic heterocycles. The first-order valence-corrected chi connectivity index (χ1v) is 5.39. The Kier molecular flexibility index (Phi) is 3.93. The van der Waals surface area contributed by atoms with Gasteiger partial charge in [-0.3, -0.25) is 4.90 Å². The number of hydrogen-bond donors (Lipinski definition) is 1. The van der Waals surface area contributed by atoms with Crippen molar-refractivity contribution in [3.63, 3.8) is 0 Å². The second-order valence-corrected chi connectivity index (χ2v) is 5.48. The molecule has 0 saturated carbocycles. The van der Waals surface area contributed by atoms with Crippen molar-refractivity contribution in [2.45, 2.75) is 39.8 Å². The fraction of sp³-hybridized carbons (Fsp3) is 1.00. The zero-order valence-corrected chi connectivity index (χ0v) is 9.79. The van der Waals surface area contributed by atoms with E-state index < -0.39 is 0 Å². The van der Waals surface area contributed by atoms with E-state index in [-0.39, 0.29) is 12.7 Å². The Balaban J connectivity index is 2.48. The van der Waals surface area contributed by atoms with Gasteiger partial charge in [0, 0.05) is 19.1 Å². The molecule has 0 aromatic heterocycles. The summed E-state index contributed by atoms with van der Waals surface area (Å²) < 4.78 is 5.49. The van der Waals surface area contributed by atoms with Crippen LogP contribution in [0.25, 0.3) is 0 Å². The fourth-order valence-corrected chi connectivity index (χ4v) is 1.82. The van der Waals surface area contributed by atoms with Crippen molar-refractivity contribution in [3.8, 4) is 0 Å². The zero-order valence-electron chi connectivity index (χ0n) is 9.79. The Hall–Kier alpha value is -0.120. The largest absolute Gasteiger partial charge is 0.394 e. The van der Waals surface area contributed by atoms with E-state index >= 15 is 0 Å². The minimum Gasteiger partial charge on any atom is -0.394 e. The van der Waals surface area contributed by atoms with Crippen LogP contribution in [0.15, 0.2) is 0 Å². The van der Waals surface area contributed by atoms with Crippen LogP contribution in [0.5, 0.6) is 0 Å². The van der Waals surface area contributed by atoms with Gasteiger partial charge in [-0.05, 0) is 12.3 Å². The number of aliphatic hydroxyl groups is 1. The van der Waals surface area contributed by atoms with E-state index in [2.05, 4.69) is 32.6 Å². The average molecular weight is 201 g/mol. The first-order valence-electron chi connectivity index (χ1n) is 5.39. The molecule has 0 aromatic rings. The molecular formula is C11H23NO2. The Morgan fingerprint density at radius 3 is 2.57 bits per heavy atom. The molecule has 0 amide bonds. The predicted octanol–water partition coefficient (Wildman–Crippen LogP) is 1.11. The van der Waals surface area contributed by atoms with Gasteiger partial charge in [-0.1, -0.05) is 20.8 Å². The number of nitrogens with zero attached hydrogens (tertiary/aromatic N) is 1. The lowest BCUT2D eigenvalue weighted by atomic mass is 9.95. The van der Waals surface area contributed by atoms with Crippen LogP contribution in [0.3, 0.4) is 0 Å². The number of rotatable bonds is 2. The molecule has 1 rings (SSSR count). The van der Waals surface area contributed by atoms with Crippen molar-refractivity contribution in [1.29, 1.82) is 0 Å². The number of ether oxygens (including phenoxy) is 1. The van der Waals surface area contributed by atoms with E-state index in [1.54, 1.807) is 0 Å². The smallest absolute Gasteiger partial charge is 0.0933 e. The van der Waals surface area contributed by atoms with Crippen LogP contribution in [0, 0.1) is 5.41 Å². The maximum Gasteiger partial charge on any atom is 0.0933 e. The van der Waals surface area contributed by atoms with Gasteiger partial charge in [0.25, 0.3) is 0 Å². The van der Waals surface area contributed by atoms with E-state index in [0.717, 1.165) is 19.7 Å². The quantitative estimate of drug-likeness (QED) is 0.726. The molecule has 1 aliphatic rings. The van der Waals surface area contributed by atoms with Gasteiger partial charge in [0.2, 0.25) is 0 Å². The second-order valence-electron chi connectivity index (χ2n) is 5.48. The lowest BCUT2D eigenvalue weighted by Gasteiger charge is -2.40. The van der Waals surface area contributed by atoms with E-state index in [4.69, 9.17) is 9.84 Å². The van der Waals surface area contributed by atoms with Gasteiger partial charge in [0.1, 0.15) is 0 Å². The monoisotopic (exact) mass is 201 g/mol. The molecule has 0 aromatic carbocycles. The molecule has 1 N–H and O–H groups in total. The molecule has 0 aliphatic carbocycles. The topological polar surface area (TPSA) is 32.7 Å². The van der Waals surface area contributed by atoms with Gasteiger partial charge in [0.15, 0.2) is 0 Å². The van der Waals surface area contributed by atoms with Crippen LogP contribution in [-0.4, -0.2) is 48.5 Å². The maximum atomic E-state index is 9.04. The van der Waals surface area contributed by atoms with Crippen molar-refractivity contribution in [2.75, 3.05) is 26.3 Å². The highest BCUT2D eigenvalue weighted by Crippen LogP contribution is 2.20. The third kappa shape index (κ3) is 3.56. The molecule has 2 atom stereocenters. The predicted molar refractivity (Wildman–Crippen MR) is 57.3 cm³/mol. The molecule has 1 fully saturated rings. The highest BCUT2D eigenvalue weighted by atomic mass is 16.5. The van der Waals surface area contributed by atoms with Crippen molar-refractivity contribution < 1.29 is 9.84 Å². The first-order chi connectivity index (χ1) is 6.42. The van der Waals surface area contributed by atoms with E-state index in [0.29, 0.717) is 11.5 Å². The summed E-state index contributed by atoms with van der Waals surface area (Å²) in [6.07, 6.45) is 0.00792. The molecule has 0 spiro atoms. The summed E-state index contributed by atoms with van der Waals surface area (Å²) in [4.78, 5) is 2.41. The summed E-state index contributed by atoms with van der Waals surface area (Å²) in [6, 6.07) is 0.469. The van der Waals surface area contributed by atoms with Crippen LogP contribution in [0.4, 0.5) is 0 Å². The Bertz CT molecular complexity index is 177. The molecule has 1 heterocycles. The van der Waals surface area contributed by atoms with Gasteiger partial charge in [0.05, 0.1) is 19.3 Å². The van der Waals surface area contributed by atoms with Gasteiger partial charge in [-0.15, -0.1) is 0 Å². The standard InChI is InChI=1S/C11H23NO2/c1-9-7-14-10(6-13)5-12(9)8-11(2,3)4/h9-10,13H,5-8H2,1-4H3. The maximum absolute atomic E-state index is 9.04. The zero-order chi connectivity index (χ0) is 10.8. The summed E-state index contributed by atoms with van der Waals surface area (Å²) in [7, 11) is 0. The van der Waals surface area contributed by atoms with Crippen LogP contribution < -0.4 is 0 Å². The molecule has 84 valence electrons. The molecular weight excluding hydrogens is 178 g/mol. The van der Waals surface area contributed by atoms with Crippen LogP contribution in [-0.2, 0) is 4.74 Å². The lowest BCUT2D eigenvalue weighted by molar-refractivity contribution is -0.0849. The number of morpholine rings is 1. The second kappa shape index (κ2) is 4.60. The SMILES string of the molecule is CC1COC(CO)CN1CC(C)(C)C. The van der Waals surface area contributed by atoms with Crippen molar-refractivity contribution in [1.82, 2.24) is 4.90 Å². The Labute approximate surface area is 87.1 Å². The molecule has 1 saturated heterocycles. The van der Waals surface area contributed by atoms with E-state index in [9.17, 15) is 0 Å². The van der Waals surface area contributed by atoms with Crippen molar-refractivity contribution in [2.24, 2.45) is 5.41 Å². The van der Waals surface area contributed by atoms with Gasteiger partial charge < -0.3 is 9.84 Å². The Morgan fingerprint density at radius 2 is 2.07 bits per heavy atom. The first kappa shape index (κ1) is 12.0. The molecule has 2 unspecified atom stereocenters. The van der Waals surface area contributed by atoms with E-state index in [1.807, 2.05) is 0 Å². The molecule has 0 bridgehead atoms. The summed E-state index contributed by atoms with van der Waals surface area (Å²) in [5, 5.41) is 9.04. The highest BCUT2D eigenvalue weighted by molar-refractivity contribution is 4.80. The fourth-order valence-electron chi connectivity index (χ4n) is 1.82. The van der Waals surface area contributed by atoms with Crippen LogP contribution in [0.2, 0.25) is 0 Å². The normalized spacial score (nSPS) is 30.6. The number of aliphatic hydroxyl groups excluding tert-OH is 1. The van der Waals surface area contributed by atoms with Gasteiger partial charge in [-0.25, -0.2) is 0 Å². The summed E-state index contributed by atoms with van der Waals surface area (Å²) in [5.74, 6) is 0. The van der Waals surface area contributed by atoms with Gasteiger partial charge in [-0.2, -0.15) is 0 Å². The van der Waals surface area contributed by atoms with Gasteiger partial charge >= 0.3 is 0 Å². The molecule has 14 heavy (non-hydrogen) atoms. The Morgan fingerprint density at radius 1 is 1.43 bits per heavy atom. The van der Waals surface area contributed by atoms with Crippen LogP contribution in [0.1, 0.15) is 27.7 Å². The lowest BCUT2D eigenvalue weighted by Crippen LogP contribution is -2.51. The van der Waals surface area contributed by atoms with Crippen molar-refractivity contribution >= 4 is 0 Å². The minimum atomic E-state index is 0.00792.